The van der Waals surface area contributed by atoms with E-state index in [2.05, 4.69) is 15.6 Å². The molecule has 5 N–H and O–H groups in total. The van der Waals surface area contributed by atoms with E-state index >= 15 is 0 Å². The van der Waals surface area contributed by atoms with Gasteiger partial charge >= 0.3 is 0 Å². The number of hydrogen-bond donors (Lipinski definition) is 4. The minimum Gasteiger partial charge on any atom is -0.457 e. The second-order valence-corrected chi connectivity index (χ2v) is 9.36. The van der Waals surface area contributed by atoms with Gasteiger partial charge in [-0.25, -0.2) is 4.98 Å². The minimum absolute atomic E-state index is 0.0196. The molecule has 1 aromatic heterocycles. The van der Waals surface area contributed by atoms with Crippen molar-refractivity contribution in [3.8, 4) is 11.5 Å². The number of carbonyl (C=O) groups excluding carboxylic acids is 2. The number of para-hydroxylation sites is 1. The van der Waals surface area contributed by atoms with E-state index in [9.17, 15) is 9.59 Å². The number of nitrogens with zero attached hydrogens (tertiary/aromatic N) is 2. The molecule has 0 unspecified atom stereocenters. The maximum Gasteiger partial charge on any atom is 0.243 e. The molecule has 204 valence electrons. The predicted molar refractivity (Wildman–Crippen MR) is 140 cm³/mol. The number of ether oxygens (including phenoxy) is 3. The Labute approximate surface area is 224 Å². The van der Waals surface area contributed by atoms with Crippen molar-refractivity contribution in [1.29, 1.82) is 5.41 Å². The molecule has 1 atom stereocenters. The van der Waals surface area contributed by atoms with E-state index in [0.29, 0.717) is 19.0 Å². The van der Waals surface area contributed by atoms with Crippen molar-refractivity contribution in [1.82, 2.24) is 15.2 Å². The maximum atomic E-state index is 13.3. The molecule has 12 heteroatoms. The number of nitrogen functional groups attached to an aromatic ring is 1. The molecule has 3 heterocycles. The van der Waals surface area contributed by atoms with Gasteiger partial charge in [-0.05, 0) is 42.8 Å². The summed E-state index contributed by atoms with van der Waals surface area (Å²) < 4.78 is 22.8. The van der Waals surface area contributed by atoms with Crippen LogP contribution in [0.5, 0.6) is 11.5 Å². The number of benzene rings is 2. The molecule has 0 saturated carbocycles. The number of likely N-dealkylation sites (tertiary alicyclic amines) is 1. The quantitative estimate of drug-likeness (QED) is 0.238. The van der Waals surface area contributed by atoms with Crippen LogP contribution in [0.15, 0.2) is 59.2 Å². The van der Waals surface area contributed by atoms with Gasteiger partial charge in [0.1, 0.15) is 35.3 Å². The van der Waals surface area contributed by atoms with Crippen LogP contribution in [0, 0.1) is 12.3 Å². The summed E-state index contributed by atoms with van der Waals surface area (Å²) in [6.07, 6.45) is 1.46. The van der Waals surface area contributed by atoms with Gasteiger partial charge in [0.2, 0.25) is 17.7 Å². The Morgan fingerprint density at radius 2 is 1.97 bits per heavy atom. The summed E-state index contributed by atoms with van der Waals surface area (Å²) in [5, 5.41) is 13.3. The molecular weight excluding hydrogens is 504 g/mol. The summed E-state index contributed by atoms with van der Waals surface area (Å²) in [5.41, 5.74) is 7.24. The SMILES string of the molecule is Cc1cc(NCC(=O)N2CC3(C[C@H]2C(=O)NCc2nc(C(=N)N)co2)OCCO3)ccc1Oc1ccccc1. The Bertz CT molecular complexity index is 1350. The Morgan fingerprint density at radius 1 is 1.21 bits per heavy atom. The zero-order valence-corrected chi connectivity index (χ0v) is 21.4. The first-order chi connectivity index (χ1) is 18.8. The van der Waals surface area contributed by atoms with Gasteiger partial charge in [-0.2, -0.15) is 0 Å². The highest BCUT2D eigenvalue weighted by atomic mass is 16.7. The lowest BCUT2D eigenvalue weighted by atomic mass is 10.1. The molecule has 2 saturated heterocycles. The van der Waals surface area contributed by atoms with Crippen molar-refractivity contribution in [3.05, 3.63) is 71.9 Å². The van der Waals surface area contributed by atoms with Gasteiger partial charge in [-0.1, -0.05) is 18.2 Å². The molecule has 2 aromatic carbocycles. The number of nitrogens with two attached hydrogens (primary N) is 1. The number of hydrogen-bond acceptors (Lipinski definition) is 9. The third-order valence-corrected chi connectivity index (χ3v) is 6.56. The van der Waals surface area contributed by atoms with Crippen LogP contribution in [0.1, 0.15) is 23.6 Å². The lowest BCUT2D eigenvalue weighted by Crippen LogP contribution is -2.47. The van der Waals surface area contributed by atoms with Crippen LogP contribution in [0.2, 0.25) is 0 Å². The van der Waals surface area contributed by atoms with Crippen LogP contribution in [0.3, 0.4) is 0 Å². The Morgan fingerprint density at radius 3 is 2.67 bits per heavy atom. The van der Waals surface area contributed by atoms with Gasteiger partial charge in [0.05, 0.1) is 32.8 Å². The average Bonchev–Trinajstić information content (AvgIpc) is 3.69. The molecule has 0 radical (unpaired) electrons. The average molecular weight is 535 g/mol. The van der Waals surface area contributed by atoms with Crippen molar-refractivity contribution < 1.29 is 28.2 Å². The number of nitrogens with one attached hydrogen (secondary N) is 3. The van der Waals surface area contributed by atoms with Gasteiger partial charge in [-0.15, -0.1) is 0 Å². The summed E-state index contributed by atoms with van der Waals surface area (Å²) >= 11 is 0. The Hall–Kier alpha value is -4.42. The highest BCUT2D eigenvalue weighted by Crippen LogP contribution is 2.35. The summed E-state index contributed by atoms with van der Waals surface area (Å²) in [6.45, 7) is 2.82. The number of aryl methyl sites for hydroxylation is 1. The third kappa shape index (κ3) is 6.02. The van der Waals surface area contributed by atoms with E-state index in [1.165, 1.54) is 11.2 Å². The first kappa shape index (κ1) is 26.2. The van der Waals surface area contributed by atoms with Crippen molar-refractivity contribution in [2.75, 3.05) is 31.6 Å². The highest BCUT2D eigenvalue weighted by molar-refractivity contribution is 5.92. The first-order valence-corrected chi connectivity index (χ1v) is 12.5. The van der Waals surface area contributed by atoms with Crippen LogP contribution >= 0.6 is 0 Å². The molecule has 39 heavy (non-hydrogen) atoms. The number of aromatic nitrogens is 1. The Kier molecular flexibility index (Phi) is 7.48. The number of amidine groups is 1. The van der Waals surface area contributed by atoms with Crippen molar-refractivity contribution in [2.24, 2.45) is 5.73 Å². The fourth-order valence-corrected chi connectivity index (χ4v) is 4.61. The molecule has 0 aliphatic carbocycles. The van der Waals surface area contributed by atoms with Crippen molar-refractivity contribution >= 4 is 23.3 Å². The molecule has 2 amide bonds. The van der Waals surface area contributed by atoms with E-state index in [-0.39, 0.29) is 55.3 Å². The number of rotatable bonds is 9. The molecule has 2 aliphatic rings. The standard InChI is InChI=1S/C27H30N6O6/c1-17-11-18(7-8-22(17)39-19-5-3-2-4-6-19)30-14-24(34)33-16-27(37-9-10-38-27)12-21(33)26(35)31-13-23-32-20(15-36-23)25(28)29/h2-8,11,15,21,30H,9-10,12-14,16H2,1H3,(H3,28,29)(H,31,35)/t21-/m0/s1. The topological polar surface area (TPSA) is 165 Å². The zero-order valence-electron chi connectivity index (χ0n) is 21.4. The number of amides is 2. The molecule has 2 aliphatic heterocycles. The van der Waals surface area contributed by atoms with E-state index in [1.807, 2.05) is 55.5 Å². The van der Waals surface area contributed by atoms with Crippen LogP contribution in [-0.2, 0) is 25.6 Å². The van der Waals surface area contributed by atoms with E-state index in [1.54, 1.807) is 0 Å². The second kappa shape index (κ2) is 11.1. The van der Waals surface area contributed by atoms with Crippen molar-refractivity contribution in [2.45, 2.75) is 31.7 Å². The van der Waals surface area contributed by atoms with Gasteiger partial charge in [-0.3, -0.25) is 15.0 Å². The maximum absolute atomic E-state index is 13.3. The van der Waals surface area contributed by atoms with Gasteiger partial charge < -0.3 is 39.9 Å². The predicted octanol–water partition coefficient (Wildman–Crippen LogP) is 2.13. The minimum atomic E-state index is -1.00. The fourth-order valence-electron chi connectivity index (χ4n) is 4.61. The van der Waals surface area contributed by atoms with E-state index in [4.69, 9.17) is 29.8 Å². The molecule has 3 aromatic rings. The van der Waals surface area contributed by atoms with Crippen LogP contribution < -0.4 is 21.1 Å². The zero-order chi connectivity index (χ0) is 27.4. The summed E-state index contributed by atoms with van der Waals surface area (Å²) in [4.78, 5) is 32.0. The number of oxazole rings is 1. The molecule has 5 rings (SSSR count). The van der Waals surface area contributed by atoms with Crippen LogP contribution in [-0.4, -0.2) is 65.7 Å². The molecule has 2 fully saturated rings. The van der Waals surface area contributed by atoms with Crippen LogP contribution in [0.4, 0.5) is 5.69 Å². The summed E-state index contributed by atoms with van der Waals surface area (Å²) in [6, 6.07) is 14.3. The summed E-state index contributed by atoms with van der Waals surface area (Å²) in [5.74, 6) is -0.249. The fraction of sp³-hybridized carbons (Fsp3) is 0.333. The van der Waals surface area contributed by atoms with Gasteiger partial charge in [0.15, 0.2) is 5.79 Å². The lowest BCUT2D eigenvalue weighted by molar-refractivity contribution is -0.151. The van der Waals surface area contributed by atoms with Crippen LogP contribution in [0.25, 0.3) is 0 Å². The molecular formula is C27H30N6O6. The molecule has 12 nitrogen and oxygen atoms in total. The number of anilines is 1. The largest absolute Gasteiger partial charge is 0.457 e. The van der Waals surface area contributed by atoms with Gasteiger partial charge in [0.25, 0.3) is 0 Å². The first-order valence-electron chi connectivity index (χ1n) is 12.5. The second-order valence-electron chi connectivity index (χ2n) is 9.36. The van der Waals surface area contributed by atoms with Gasteiger partial charge in [0, 0.05) is 12.1 Å². The third-order valence-electron chi connectivity index (χ3n) is 6.56. The normalized spacial score (nSPS) is 17.8. The summed E-state index contributed by atoms with van der Waals surface area (Å²) in [7, 11) is 0. The lowest BCUT2D eigenvalue weighted by Gasteiger charge is -2.24. The highest BCUT2D eigenvalue weighted by Gasteiger charge is 2.52. The Balaban J connectivity index is 1.21. The monoisotopic (exact) mass is 534 g/mol. The van der Waals surface area contributed by atoms with Crippen molar-refractivity contribution in [3.63, 3.8) is 0 Å². The van der Waals surface area contributed by atoms with E-state index < -0.39 is 11.8 Å². The number of carbonyl (C=O) groups is 2. The molecule has 0 bridgehead atoms. The smallest absolute Gasteiger partial charge is 0.243 e. The molecule has 1 spiro atoms. The van der Waals surface area contributed by atoms with E-state index in [0.717, 1.165) is 17.0 Å².